The SMILES string of the molecule is CN(C)CCCNc1cc(C(=O)NCc2ccccc2)nc(-c2ccccc2)n1. The smallest absolute Gasteiger partial charge is 0.270 e. The highest BCUT2D eigenvalue weighted by Crippen LogP contribution is 2.18. The number of aromatic nitrogens is 2. The van der Waals surface area contributed by atoms with Crippen molar-refractivity contribution >= 4 is 11.7 Å². The molecular weight excluding hydrogens is 362 g/mol. The number of nitrogens with zero attached hydrogens (tertiary/aromatic N) is 3. The van der Waals surface area contributed by atoms with Crippen molar-refractivity contribution in [3.05, 3.63) is 78.0 Å². The van der Waals surface area contributed by atoms with Crippen LogP contribution in [0.5, 0.6) is 0 Å². The van der Waals surface area contributed by atoms with Crippen LogP contribution in [0.25, 0.3) is 11.4 Å². The summed E-state index contributed by atoms with van der Waals surface area (Å²) in [5, 5.41) is 6.26. The van der Waals surface area contributed by atoms with Crippen LogP contribution in [0.15, 0.2) is 66.7 Å². The minimum absolute atomic E-state index is 0.218. The van der Waals surface area contributed by atoms with Crippen molar-refractivity contribution < 1.29 is 4.79 Å². The lowest BCUT2D eigenvalue weighted by Gasteiger charge is -2.12. The second-order valence-electron chi connectivity index (χ2n) is 7.08. The van der Waals surface area contributed by atoms with Gasteiger partial charge >= 0.3 is 0 Å². The van der Waals surface area contributed by atoms with Crippen LogP contribution in [-0.2, 0) is 6.54 Å². The molecule has 0 saturated carbocycles. The lowest BCUT2D eigenvalue weighted by Crippen LogP contribution is -2.24. The zero-order valence-electron chi connectivity index (χ0n) is 16.9. The summed E-state index contributed by atoms with van der Waals surface area (Å²) in [6.45, 7) is 2.21. The highest BCUT2D eigenvalue weighted by Gasteiger charge is 2.13. The van der Waals surface area contributed by atoms with Gasteiger partial charge in [0.2, 0.25) is 0 Å². The summed E-state index contributed by atoms with van der Waals surface area (Å²) < 4.78 is 0. The van der Waals surface area contributed by atoms with Gasteiger partial charge in [-0.1, -0.05) is 60.7 Å². The van der Waals surface area contributed by atoms with Crippen molar-refractivity contribution in [2.75, 3.05) is 32.5 Å². The molecule has 0 spiro atoms. The largest absolute Gasteiger partial charge is 0.370 e. The molecule has 0 unspecified atom stereocenters. The third-order valence-corrected chi connectivity index (χ3v) is 4.37. The van der Waals surface area contributed by atoms with Gasteiger partial charge in [-0.05, 0) is 32.6 Å². The Morgan fingerprint density at radius 2 is 1.66 bits per heavy atom. The Hall–Kier alpha value is -3.25. The van der Waals surface area contributed by atoms with Crippen LogP contribution in [0.4, 0.5) is 5.82 Å². The van der Waals surface area contributed by atoms with Crippen LogP contribution in [0.2, 0.25) is 0 Å². The van der Waals surface area contributed by atoms with Gasteiger partial charge < -0.3 is 15.5 Å². The molecule has 0 bridgehead atoms. The van der Waals surface area contributed by atoms with E-state index in [0.29, 0.717) is 23.9 Å². The van der Waals surface area contributed by atoms with Gasteiger partial charge in [-0.15, -0.1) is 0 Å². The first-order chi connectivity index (χ1) is 14.1. The van der Waals surface area contributed by atoms with Crippen LogP contribution in [0, 0.1) is 0 Å². The molecule has 0 aliphatic carbocycles. The standard InChI is InChI=1S/C23H27N5O/c1-28(2)15-9-14-24-21-16-20(23(29)25-17-18-10-5-3-6-11-18)26-22(27-21)19-12-7-4-8-13-19/h3-8,10-13,16H,9,14-15,17H2,1-2H3,(H,25,29)(H,24,26,27). The number of amides is 1. The van der Waals surface area contributed by atoms with Crippen molar-refractivity contribution in [2.45, 2.75) is 13.0 Å². The van der Waals surface area contributed by atoms with Crippen LogP contribution in [0.3, 0.4) is 0 Å². The first-order valence-corrected chi connectivity index (χ1v) is 9.77. The zero-order chi connectivity index (χ0) is 20.5. The highest BCUT2D eigenvalue weighted by molar-refractivity contribution is 5.93. The molecule has 1 heterocycles. The van der Waals surface area contributed by atoms with Gasteiger partial charge in [-0.2, -0.15) is 0 Å². The molecule has 0 atom stereocenters. The summed E-state index contributed by atoms with van der Waals surface area (Å²) >= 11 is 0. The Kier molecular flexibility index (Phi) is 7.30. The topological polar surface area (TPSA) is 70.2 Å². The van der Waals surface area contributed by atoms with Crippen molar-refractivity contribution in [3.63, 3.8) is 0 Å². The molecule has 1 aromatic heterocycles. The van der Waals surface area contributed by atoms with Crippen molar-refractivity contribution in [1.82, 2.24) is 20.2 Å². The molecule has 0 saturated heterocycles. The van der Waals surface area contributed by atoms with E-state index in [1.807, 2.05) is 74.8 Å². The van der Waals surface area contributed by atoms with Crippen molar-refractivity contribution in [1.29, 1.82) is 0 Å². The third-order valence-electron chi connectivity index (χ3n) is 4.37. The minimum Gasteiger partial charge on any atom is -0.370 e. The number of carbonyl (C=O) groups is 1. The molecule has 0 aliphatic heterocycles. The van der Waals surface area contributed by atoms with E-state index < -0.39 is 0 Å². The summed E-state index contributed by atoms with van der Waals surface area (Å²) in [6.07, 6.45) is 0.979. The summed E-state index contributed by atoms with van der Waals surface area (Å²) in [5.41, 5.74) is 2.27. The van der Waals surface area contributed by atoms with Gasteiger partial charge in [0, 0.05) is 24.7 Å². The average molecular weight is 390 g/mol. The van der Waals surface area contributed by atoms with Gasteiger partial charge in [0.05, 0.1) is 0 Å². The predicted molar refractivity (Wildman–Crippen MR) is 117 cm³/mol. The molecule has 0 fully saturated rings. The van der Waals surface area contributed by atoms with Gasteiger partial charge in [-0.3, -0.25) is 4.79 Å². The summed E-state index contributed by atoms with van der Waals surface area (Å²) in [6, 6.07) is 21.2. The number of anilines is 1. The van der Waals surface area contributed by atoms with E-state index in [9.17, 15) is 4.79 Å². The number of benzene rings is 2. The van der Waals surface area contributed by atoms with Gasteiger partial charge in [0.25, 0.3) is 5.91 Å². The molecule has 150 valence electrons. The van der Waals surface area contributed by atoms with Gasteiger partial charge in [0.15, 0.2) is 5.82 Å². The highest BCUT2D eigenvalue weighted by atomic mass is 16.1. The maximum Gasteiger partial charge on any atom is 0.270 e. The number of carbonyl (C=O) groups excluding carboxylic acids is 1. The van der Waals surface area contributed by atoms with E-state index >= 15 is 0 Å². The molecule has 6 heteroatoms. The molecule has 0 radical (unpaired) electrons. The lowest BCUT2D eigenvalue weighted by molar-refractivity contribution is 0.0946. The van der Waals surface area contributed by atoms with E-state index in [-0.39, 0.29) is 5.91 Å². The molecular formula is C23H27N5O. The fourth-order valence-electron chi connectivity index (χ4n) is 2.85. The van der Waals surface area contributed by atoms with Crippen LogP contribution < -0.4 is 10.6 Å². The van der Waals surface area contributed by atoms with Gasteiger partial charge in [0.1, 0.15) is 11.5 Å². The van der Waals surface area contributed by atoms with Crippen LogP contribution >= 0.6 is 0 Å². The Balaban J connectivity index is 1.77. The van der Waals surface area contributed by atoms with Crippen molar-refractivity contribution in [3.8, 4) is 11.4 Å². The van der Waals surface area contributed by atoms with E-state index in [1.54, 1.807) is 6.07 Å². The zero-order valence-corrected chi connectivity index (χ0v) is 16.9. The number of nitrogens with one attached hydrogen (secondary N) is 2. The fraction of sp³-hybridized carbons (Fsp3) is 0.261. The molecule has 3 rings (SSSR count). The minimum atomic E-state index is -0.218. The van der Waals surface area contributed by atoms with E-state index in [4.69, 9.17) is 0 Å². The van der Waals surface area contributed by atoms with Crippen molar-refractivity contribution in [2.24, 2.45) is 0 Å². The summed E-state index contributed by atoms with van der Waals surface area (Å²) in [5.74, 6) is 0.973. The second kappa shape index (κ2) is 10.3. The maximum absolute atomic E-state index is 12.7. The average Bonchev–Trinajstić information content (AvgIpc) is 2.76. The van der Waals surface area contributed by atoms with E-state index in [1.165, 1.54) is 0 Å². The van der Waals surface area contributed by atoms with Gasteiger partial charge in [-0.25, -0.2) is 9.97 Å². The number of hydrogen-bond donors (Lipinski definition) is 2. The molecule has 29 heavy (non-hydrogen) atoms. The number of hydrogen-bond acceptors (Lipinski definition) is 5. The van der Waals surface area contributed by atoms with E-state index in [0.717, 1.165) is 30.6 Å². The molecule has 2 aromatic carbocycles. The predicted octanol–water partition coefficient (Wildman–Crippen LogP) is 3.44. The Bertz CT molecular complexity index is 913. The normalized spacial score (nSPS) is 10.7. The Labute approximate surface area is 172 Å². The fourth-order valence-corrected chi connectivity index (χ4v) is 2.85. The molecule has 0 aliphatic rings. The summed E-state index contributed by atoms with van der Waals surface area (Å²) in [7, 11) is 4.10. The monoisotopic (exact) mass is 389 g/mol. The molecule has 3 aromatic rings. The first-order valence-electron chi connectivity index (χ1n) is 9.77. The molecule has 1 amide bonds. The third kappa shape index (κ3) is 6.40. The maximum atomic E-state index is 12.7. The summed E-state index contributed by atoms with van der Waals surface area (Å²) in [4.78, 5) is 24.0. The van der Waals surface area contributed by atoms with Crippen LogP contribution in [-0.4, -0.2) is 48.0 Å². The number of rotatable bonds is 9. The van der Waals surface area contributed by atoms with Crippen LogP contribution in [0.1, 0.15) is 22.5 Å². The van der Waals surface area contributed by atoms with E-state index in [2.05, 4.69) is 25.5 Å². The molecule has 2 N–H and O–H groups in total. The molecule has 6 nitrogen and oxygen atoms in total. The Morgan fingerprint density at radius 3 is 2.34 bits per heavy atom. The first kappa shape index (κ1) is 20.5. The quantitative estimate of drug-likeness (QED) is 0.549. The second-order valence-corrected chi connectivity index (χ2v) is 7.08. The lowest BCUT2D eigenvalue weighted by atomic mass is 10.2. The Morgan fingerprint density at radius 1 is 0.966 bits per heavy atom.